The minimum atomic E-state index is -0.316. The van der Waals surface area contributed by atoms with Crippen molar-refractivity contribution in [3.05, 3.63) is 67.6 Å². The molecule has 2 aromatic carbocycles. The average Bonchev–Trinajstić information content (AvgIpc) is 2.84. The highest BCUT2D eigenvalue weighted by Gasteiger charge is 2.08. The quantitative estimate of drug-likeness (QED) is 0.211. The zero-order valence-corrected chi connectivity index (χ0v) is 24.6. The summed E-state index contributed by atoms with van der Waals surface area (Å²) in [7, 11) is 0. The van der Waals surface area contributed by atoms with E-state index in [2.05, 4.69) is 21.1 Å². The van der Waals surface area contributed by atoms with Gasteiger partial charge in [0.2, 0.25) is 0 Å². The Morgan fingerprint density at radius 3 is 1.21 bits per heavy atom. The molecule has 0 aromatic heterocycles. The Labute approximate surface area is 235 Å². The summed E-state index contributed by atoms with van der Waals surface area (Å²) in [5.74, 6) is -0.631. The van der Waals surface area contributed by atoms with Crippen molar-refractivity contribution in [2.45, 2.75) is 0 Å². The maximum atomic E-state index is 11.7. The van der Waals surface area contributed by atoms with Crippen LogP contribution in [0.4, 0.5) is 0 Å². The molecule has 0 saturated carbocycles. The zero-order chi connectivity index (χ0) is 25.7. The highest BCUT2D eigenvalue weighted by molar-refractivity contribution is 8.38. The highest BCUT2D eigenvalue weighted by atomic mass is 35.5. The smallest absolute Gasteiger partial charge is 0.267 e. The van der Waals surface area contributed by atoms with Crippen LogP contribution in [0.1, 0.15) is 20.7 Å². The zero-order valence-electron chi connectivity index (χ0n) is 18.3. The van der Waals surface area contributed by atoms with Crippen molar-refractivity contribution < 1.29 is 9.59 Å². The molecule has 0 aliphatic carbocycles. The number of halogens is 4. The van der Waals surface area contributed by atoms with Gasteiger partial charge in [0.05, 0.1) is 20.1 Å². The number of nitrogens with zero attached hydrogens (tertiary/aromatic N) is 2. The number of benzene rings is 2. The number of carbonyl (C=O) groups is 2. The van der Waals surface area contributed by atoms with Gasteiger partial charge in [-0.3, -0.25) is 9.59 Å². The average molecular weight is 618 g/mol. The number of amides is 2. The summed E-state index contributed by atoms with van der Waals surface area (Å²) >= 11 is 29.0. The van der Waals surface area contributed by atoms with E-state index < -0.39 is 0 Å². The summed E-state index contributed by atoms with van der Waals surface area (Å²) < 4.78 is 1.55. The van der Waals surface area contributed by atoms with Gasteiger partial charge in [0.15, 0.2) is 0 Å². The first-order valence-corrected chi connectivity index (χ1v) is 15.4. The SMILES string of the molecule is CSC(=NNC(=O)c1ccc(Cl)c(Cl)c1)SC.CSC(=NNC(=O)c1ccc(Cl)c(Cl)c1)SC. The molecule has 0 heterocycles. The highest BCUT2D eigenvalue weighted by Crippen LogP contribution is 2.23. The molecular weight excluding hydrogens is 598 g/mol. The number of hydrazone groups is 2. The molecule has 0 unspecified atom stereocenters. The second kappa shape index (κ2) is 16.9. The maximum absolute atomic E-state index is 11.7. The Bertz CT molecular complexity index is 975. The van der Waals surface area contributed by atoms with Crippen molar-refractivity contribution in [3.8, 4) is 0 Å². The standard InChI is InChI=1S/2C10H10Cl2N2OS2/c2*1-16-10(17-2)14-13-9(15)6-3-4-7(11)8(12)5-6/h2*3-5H,1-2H3,(H,13,15). The lowest BCUT2D eigenvalue weighted by atomic mass is 10.2. The number of hydrogen-bond acceptors (Lipinski definition) is 8. The lowest BCUT2D eigenvalue weighted by molar-refractivity contribution is 0.0947. The van der Waals surface area contributed by atoms with Gasteiger partial charge in [0, 0.05) is 11.1 Å². The largest absolute Gasteiger partial charge is 0.271 e. The van der Waals surface area contributed by atoms with Gasteiger partial charge >= 0.3 is 0 Å². The monoisotopic (exact) mass is 616 g/mol. The minimum absolute atomic E-state index is 0.316. The summed E-state index contributed by atoms with van der Waals surface area (Å²) in [6, 6.07) is 9.35. The fourth-order valence-corrected chi connectivity index (χ4v) is 4.42. The molecule has 14 heteroatoms. The van der Waals surface area contributed by atoms with Gasteiger partial charge in [-0.05, 0) is 61.4 Å². The summed E-state index contributed by atoms with van der Waals surface area (Å²) in [4.78, 5) is 23.4. The molecular formula is C20H20Cl4N4O2S4. The second-order valence-electron chi connectivity index (χ2n) is 5.71. The van der Waals surface area contributed by atoms with Crippen LogP contribution in [0.5, 0.6) is 0 Å². The van der Waals surface area contributed by atoms with E-state index in [1.54, 1.807) is 24.3 Å². The molecule has 2 amide bonds. The molecule has 2 rings (SSSR count). The molecule has 0 spiro atoms. The number of rotatable bonds is 4. The molecule has 34 heavy (non-hydrogen) atoms. The molecule has 6 nitrogen and oxygen atoms in total. The van der Waals surface area contributed by atoms with Crippen LogP contribution in [-0.4, -0.2) is 45.6 Å². The van der Waals surface area contributed by atoms with E-state index in [0.29, 0.717) is 31.2 Å². The molecule has 0 bridgehead atoms. The van der Waals surface area contributed by atoms with E-state index in [0.717, 1.165) is 8.75 Å². The third-order valence-electron chi connectivity index (χ3n) is 3.56. The van der Waals surface area contributed by atoms with E-state index in [4.69, 9.17) is 46.4 Å². The predicted molar refractivity (Wildman–Crippen MR) is 157 cm³/mol. The van der Waals surface area contributed by atoms with Crippen LogP contribution in [0.2, 0.25) is 20.1 Å². The Balaban J connectivity index is 0.000000340. The predicted octanol–water partition coefficient (Wildman–Crippen LogP) is 7.44. The Morgan fingerprint density at radius 2 is 0.941 bits per heavy atom. The van der Waals surface area contributed by atoms with E-state index in [1.165, 1.54) is 59.2 Å². The first kappa shape index (κ1) is 31.3. The van der Waals surface area contributed by atoms with E-state index >= 15 is 0 Å². The third kappa shape index (κ3) is 10.9. The van der Waals surface area contributed by atoms with Crippen molar-refractivity contribution in [2.24, 2.45) is 10.2 Å². The molecule has 0 aliphatic heterocycles. The van der Waals surface area contributed by atoms with Crippen LogP contribution in [-0.2, 0) is 0 Å². The first-order chi connectivity index (χ1) is 16.2. The number of nitrogens with one attached hydrogen (secondary N) is 2. The summed E-state index contributed by atoms with van der Waals surface area (Å²) in [5, 5.41) is 9.44. The van der Waals surface area contributed by atoms with Crippen molar-refractivity contribution in [2.75, 3.05) is 25.0 Å². The van der Waals surface area contributed by atoms with Gasteiger partial charge in [0.25, 0.3) is 11.8 Å². The Hall–Kier alpha value is -0.720. The summed E-state index contributed by atoms with van der Waals surface area (Å²) in [6.07, 6.45) is 7.56. The normalized spacial score (nSPS) is 9.88. The van der Waals surface area contributed by atoms with Crippen molar-refractivity contribution in [3.63, 3.8) is 0 Å². The molecule has 0 fully saturated rings. The third-order valence-corrected chi connectivity index (χ3v) is 8.80. The van der Waals surface area contributed by atoms with E-state index in [9.17, 15) is 9.59 Å². The van der Waals surface area contributed by atoms with Crippen LogP contribution in [0.3, 0.4) is 0 Å². The molecule has 2 N–H and O–H groups in total. The maximum Gasteiger partial charge on any atom is 0.271 e. The number of hydrogen-bond donors (Lipinski definition) is 2. The van der Waals surface area contributed by atoms with Gasteiger partial charge in [-0.25, -0.2) is 10.9 Å². The lowest BCUT2D eigenvalue weighted by Crippen LogP contribution is -2.18. The van der Waals surface area contributed by atoms with Crippen LogP contribution in [0.25, 0.3) is 0 Å². The van der Waals surface area contributed by atoms with Crippen molar-refractivity contribution in [1.29, 1.82) is 0 Å². The van der Waals surface area contributed by atoms with E-state index in [-0.39, 0.29) is 11.8 Å². The minimum Gasteiger partial charge on any atom is -0.267 e. The summed E-state index contributed by atoms with van der Waals surface area (Å²) in [5.41, 5.74) is 5.75. The fraction of sp³-hybridized carbons (Fsp3) is 0.200. The van der Waals surface area contributed by atoms with Crippen molar-refractivity contribution in [1.82, 2.24) is 10.9 Å². The van der Waals surface area contributed by atoms with Gasteiger partial charge < -0.3 is 0 Å². The van der Waals surface area contributed by atoms with Crippen LogP contribution >= 0.6 is 93.5 Å². The topological polar surface area (TPSA) is 82.9 Å². The molecule has 0 aliphatic rings. The Morgan fingerprint density at radius 1 is 0.618 bits per heavy atom. The van der Waals surface area contributed by atoms with Crippen molar-refractivity contribution >= 4 is 114 Å². The molecule has 0 saturated heterocycles. The van der Waals surface area contributed by atoms with Crippen LogP contribution in [0.15, 0.2) is 46.6 Å². The van der Waals surface area contributed by atoms with E-state index in [1.807, 2.05) is 25.0 Å². The molecule has 184 valence electrons. The first-order valence-electron chi connectivity index (χ1n) is 8.98. The van der Waals surface area contributed by atoms with Gasteiger partial charge in [-0.1, -0.05) is 46.4 Å². The van der Waals surface area contributed by atoms with Crippen LogP contribution in [0, 0.1) is 0 Å². The number of thioether (sulfide) groups is 4. The molecule has 2 aromatic rings. The van der Waals surface area contributed by atoms with Gasteiger partial charge in [-0.2, -0.15) is 10.2 Å². The fourth-order valence-electron chi connectivity index (χ4n) is 1.95. The van der Waals surface area contributed by atoms with Crippen LogP contribution < -0.4 is 10.9 Å². The van der Waals surface area contributed by atoms with Gasteiger partial charge in [-0.15, -0.1) is 47.0 Å². The molecule has 0 radical (unpaired) electrons. The van der Waals surface area contributed by atoms with Gasteiger partial charge in [0.1, 0.15) is 8.75 Å². The lowest BCUT2D eigenvalue weighted by Gasteiger charge is -2.03. The number of carbonyl (C=O) groups excluding carboxylic acids is 2. The summed E-state index contributed by atoms with van der Waals surface area (Å²) in [6.45, 7) is 0. The second-order valence-corrected chi connectivity index (χ2v) is 11.0. The molecule has 0 atom stereocenters. The Kier molecular flexibility index (Phi) is 15.5.